The first kappa shape index (κ1) is 31.5. The highest BCUT2D eigenvalue weighted by Gasteiger charge is 2.35. The quantitative estimate of drug-likeness (QED) is 0.209. The molecule has 4 aromatic rings. The summed E-state index contributed by atoms with van der Waals surface area (Å²) < 4.78 is 29.4. The van der Waals surface area contributed by atoms with E-state index in [0.29, 0.717) is 67.4 Å². The molecular weight excluding hydrogens is 622 g/mol. The first-order chi connectivity index (χ1) is 23.1. The van der Waals surface area contributed by atoms with Crippen LogP contribution in [0.5, 0.6) is 11.5 Å². The predicted octanol–water partition coefficient (Wildman–Crippen LogP) is 4.94. The Kier molecular flexibility index (Phi) is 9.87. The van der Waals surface area contributed by atoms with Gasteiger partial charge in [-0.1, -0.05) is 23.7 Å². The number of allylic oxidation sites excluding steroid dienone is 1. The lowest BCUT2D eigenvalue weighted by molar-refractivity contribution is -0.116. The molecule has 0 radical (unpaired) electrons. The van der Waals surface area contributed by atoms with Crippen LogP contribution in [0.15, 0.2) is 73.2 Å². The first-order valence-electron chi connectivity index (χ1n) is 15.8. The molecule has 0 amide bonds. The minimum absolute atomic E-state index is 0.0274. The van der Waals surface area contributed by atoms with Crippen molar-refractivity contribution in [2.24, 2.45) is 0 Å². The number of rotatable bonds is 12. The number of pyridine rings is 1. The number of carbonyl (C=O) groups is 1. The highest BCUT2D eigenvalue weighted by Crippen LogP contribution is 2.34. The Bertz CT molecular complexity index is 1720. The molecule has 7 rings (SSSR count). The lowest BCUT2D eigenvalue weighted by atomic mass is 10.0. The second-order valence-electron chi connectivity index (χ2n) is 11.8. The van der Waals surface area contributed by atoms with Gasteiger partial charge in [-0.2, -0.15) is 0 Å². The van der Waals surface area contributed by atoms with Crippen molar-refractivity contribution in [3.8, 4) is 11.5 Å². The molecule has 3 atom stereocenters. The van der Waals surface area contributed by atoms with E-state index in [9.17, 15) is 4.79 Å². The molecule has 0 bridgehead atoms. The van der Waals surface area contributed by atoms with Gasteiger partial charge in [0, 0.05) is 61.4 Å². The fourth-order valence-electron chi connectivity index (χ4n) is 6.00. The largest absolute Gasteiger partial charge is 0.488 e. The van der Waals surface area contributed by atoms with Crippen molar-refractivity contribution in [2.75, 3.05) is 51.4 Å². The molecule has 5 heterocycles. The number of halogens is 1. The normalized spacial score (nSPS) is 21.3. The van der Waals surface area contributed by atoms with Gasteiger partial charge in [0.15, 0.2) is 5.78 Å². The van der Waals surface area contributed by atoms with E-state index in [1.807, 2.05) is 42.5 Å². The number of ether oxygens (including phenoxy) is 5. The average Bonchev–Trinajstić information content (AvgIpc) is 3.75. The molecule has 12 heteroatoms. The Morgan fingerprint density at radius 2 is 1.89 bits per heavy atom. The molecule has 0 unspecified atom stereocenters. The zero-order valence-corrected chi connectivity index (χ0v) is 26.6. The summed E-state index contributed by atoms with van der Waals surface area (Å²) in [6.45, 7) is 5.00. The van der Waals surface area contributed by atoms with Gasteiger partial charge in [-0.25, -0.2) is 9.97 Å². The monoisotopic (exact) mass is 657 g/mol. The molecule has 0 saturated carbocycles. The van der Waals surface area contributed by atoms with E-state index < -0.39 is 0 Å². The molecule has 3 aliphatic rings. The van der Waals surface area contributed by atoms with Crippen LogP contribution in [-0.2, 0) is 32.0 Å². The third-order valence-electron chi connectivity index (χ3n) is 8.37. The molecule has 11 nitrogen and oxygen atoms in total. The highest BCUT2D eigenvalue weighted by atomic mass is 35.5. The summed E-state index contributed by atoms with van der Waals surface area (Å²) in [6.07, 6.45) is 7.86. The van der Waals surface area contributed by atoms with Gasteiger partial charge in [0.25, 0.3) is 0 Å². The maximum atomic E-state index is 13.2. The van der Waals surface area contributed by atoms with Crippen LogP contribution < -0.4 is 14.8 Å². The van der Waals surface area contributed by atoms with Crippen molar-refractivity contribution in [3.63, 3.8) is 0 Å². The average molecular weight is 658 g/mol. The van der Waals surface area contributed by atoms with Gasteiger partial charge in [-0.3, -0.25) is 14.7 Å². The maximum absolute atomic E-state index is 13.2. The van der Waals surface area contributed by atoms with Crippen LogP contribution >= 0.6 is 11.6 Å². The lowest BCUT2D eigenvalue weighted by Gasteiger charge is -2.24. The molecule has 244 valence electrons. The van der Waals surface area contributed by atoms with Crippen LogP contribution in [-0.4, -0.2) is 90.0 Å². The van der Waals surface area contributed by atoms with Crippen LogP contribution in [0, 0.1) is 0 Å². The van der Waals surface area contributed by atoms with Crippen molar-refractivity contribution in [2.45, 2.75) is 37.8 Å². The summed E-state index contributed by atoms with van der Waals surface area (Å²) >= 11 is 6.58. The Morgan fingerprint density at radius 3 is 2.66 bits per heavy atom. The van der Waals surface area contributed by atoms with Gasteiger partial charge >= 0.3 is 0 Å². The second-order valence-corrected chi connectivity index (χ2v) is 12.2. The van der Waals surface area contributed by atoms with Gasteiger partial charge in [-0.15, -0.1) is 0 Å². The summed E-state index contributed by atoms with van der Waals surface area (Å²) in [7, 11) is 0. The predicted molar refractivity (Wildman–Crippen MR) is 176 cm³/mol. The fraction of sp³-hybridized carbons (Fsp3) is 0.371. The number of carbonyl (C=O) groups excluding carboxylic acids is 1. The van der Waals surface area contributed by atoms with E-state index in [1.54, 1.807) is 24.4 Å². The van der Waals surface area contributed by atoms with E-state index in [0.717, 1.165) is 41.8 Å². The van der Waals surface area contributed by atoms with Crippen LogP contribution in [0.1, 0.15) is 17.7 Å². The van der Waals surface area contributed by atoms with Crippen molar-refractivity contribution in [1.82, 2.24) is 19.9 Å². The van der Waals surface area contributed by atoms with Crippen LogP contribution in [0.3, 0.4) is 0 Å². The Balaban J connectivity index is 1.07. The summed E-state index contributed by atoms with van der Waals surface area (Å²) in [5.74, 6) is 1.72. The third-order valence-corrected chi connectivity index (χ3v) is 8.66. The molecular formula is C35H36ClN5O6. The number of aromatic nitrogens is 3. The topological polar surface area (TPSA) is 117 Å². The number of nitrogens with one attached hydrogen (secondary N) is 1. The van der Waals surface area contributed by atoms with E-state index >= 15 is 0 Å². The molecule has 47 heavy (non-hydrogen) atoms. The molecule has 0 aliphatic carbocycles. The fourth-order valence-corrected chi connectivity index (χ4v) is 6.23. The number of hydrogen-bond acceptors (Lipinski definition) is 11. The molecule has 0 spiro atoms. The smallest absolute Gasteiger partial charge is 0.159 e. The molecule has 2 aromatic heterocycles. The van der Waals surface area contributed by atoms with Gasteiger partial charge in [-0.05, 0) is 42.5 Å². The lowest BCUT2D eigenvalue weighted by Crippen LogP contribution is -2.36. The third kappa shape index (κ3) is 7.89. The number of benzene rings is 2. The van der Waals surface area contributed by atoms with Gasteiger partial charge < -0.3 is 29.0 Å². The summed E-state index contributed by atoms with van der Waals surface area (Å²) in [4.78, 5) is 28.8. The molecule has 1 N–H and O–H groups in total. The minimum Gasteiger partial charge on any atom is -0.488 e. The molecule has 3 aliphatic heterocycles. The van der Waals surface area contributed by atoms with Gasteiger partial charge in [0.2, 0.25) is 0 Å². The van der Waals surface area contributed by atoms with Crippen molar-refractivity contribution in [1.29, 1.82) is 0 Å². The zero-order valence-electron chi connectivity index (χ0n) is 25.8. The SMILES string of the molecule is O=C(/C=C/CN1C[C@@H]2OCCO[C@@H]2C1)Cc1cc2c(Nc3ccc(OCc4ccccn4)c(Cl)c3)ncnc2cc1O[C@H]1CCOC1. The molecule has 3 fully saturated rings. The number of anilines is 2. The highest BCUT2D eigenvalue weighted by molar-refractivity contribution is 6.32. The second kappa shape index (κ2) is 14.7. The van der Waals surface area contributed by atoms with E-state index in [-0.39, 0.29) is 30.5 Å². The van der Waals surface area contributed by atoms with Crippen molar-refractivity contribution < 1.29 is 28.5 Å². The number of likely N-dealkylation sites (tertiary alicyclic amines) is 1. The summed E-state index contributed by atoms with van der Waals surface area (Å²) in [6, 6.07) is 14.9. The van der Waals surface area contributed by atoms with Crippen LogP contribution in [0.25, 0.3) is 10.9 Å². The first-order valence-corrected chi connectivity index (χ1v) is 16.2. The number of fused-ring (bicyclic) bond motifs is 2. The summed E-state index contributed by atoms with van der Waals surface area (Å²) in [5, 5.41) is 4.56. The standard InChI is InChI=1S/C35H36ClN5O6/c36-29-16-24(6-7-31(29)46-20-25-4-1-2-9-37-25)40-35-28-15-23(32(17-30(28)38-22-39-35)47-27-8-11-43-21-27)14-26(42)5-3-10-41-18-33-34(19-41)45-13-12-44-33/h1-7,9,15-17,22,27,33-34H,8,10-14,18-21H2,(H,38,39,40)/b5-3+/t27-,33-,34+/m0/s1. The Hall–Kier alpha value is -4.13. The van der Waals surface area contributed by atoms with E-state index in [4.69, 9.17) is 35.3 Å². The zero-order chi connectivity index (χ0) is 32.0. The van der Waals surface area contributed by atoms with E-state index in [1.165, 1.54) is 6.33 Å². The van der Waals surface area contributed by atoms with Gasteiger partial charge in [0.1, 0.15) is 36.4 Å². The number of ketones is 1. The number of hydrogen-bond donors (Lipinski definition) is 1. The molecule has 3 saturated heterocycles. The van der Waals surface area contributed by atoms with Crippen molar-refractivity contribution in [3.05, 3.63) is 89.5 Å². The van der Waals surface area contributed by atoms with Crippen molar-refractivity contribution >= 4 is 39.8 Å². The van der Waals surface area contributed by atoms with E-state index in [2.05, 4.69) is 25.2 Å². The number of nitrogens with zero attached hydrogens (tertiary/aromatic N) is 4. The Labute approximate surface area is 277 Å². The van der Waals surface area contributed by atoms with Crippen LogP contribution in [0.4, 0.5) is 11.5 Å². The minimum atomic E-state index is -0.0834. The Morgan fingerprint density at radius 1 is 1.02 bits per heavy atom. The summed E-state index contributed by atoms with van der Waals surface area (Å²) in [5.41, 5.74) is 2.97. The maximum Gasteiger partial charge on any atom is 0.159 e. The molecule has 2 aromatic carbocycles. The van der Waals surface area contributed by atoms with Gasteiger partial charge in [0.05, 0.1) is 54.9 Å². The van der Waals surface area contributed by atoms with Crippen LogP contribution in [0.2, 0.25) is 5.02 Å².